The van der Waals surface area contributed by atoms with Gasteiger partial charge in [-0.25, -0.2) is 9.18 Å². The van der Waals surface area contributed by atoms with Crippen molar-refractivity contribution in [2.45, 2.75) is 38.0 Å². The first kappa shape index (κ1) is 15.1. The third-order valence-corrected chi connectivity index (χ3v) is 5.01. The van der Waals surface area contributed by atoms with Crippen LogP contribution in [-0.4, -0.2) is 39.4 Å². The van der Waals surface area contributed by atoms with Gasteiger partial charge in [0, 0.05) is 24.2 Å². The third-order valence-electron chi connectivity index (χ3n) is 5.01. The van der Waals surface area contributed by atoms with Gasteiger partial charge in [-0.05, 0) is 31.9 Å². The van der Waals surface area contributed by atoms with Crippen molar-refractivity contribution in [2.24, 2.45) is 0 Å². The number of carboxylic acid groups (broad SMARTS) is 1. The summed E-state index contributed by atoms with van der Waals surface area (Å²) in [5, 5.41) is 19.0. The molecule has 1 saturated heterocycles. The second kappa shape index (κ2) is 5.04. The zero-order valence-electron chi connectivity index (χ0n) is 13.1. The maximum atomic E-state index is 14.5. The van der Waals surface area contributed by atoms with E-state index in [-0.39, 0.29) is 23.0 Å². The average molecular weight is 332 g/mol. The number of carbonyl (C=O) groups is 1. The van der Waals surface area contributed by atoms with E-state index in [1.54, 1.807) is 22.5 Å². The van der Waals surface area contributed by atoms with E-state index in [1.807, 2.05) is 0 Å². The Labute approximate surface area is 136 Å². The molecular formula is C17H17FN2O4. The first-order valence-corrected chi connectivity index (χ1v) is 7.95. The molecular weight excluding hydrogens is 315 g/mol. The van der Waals surface area contributed by atoms with Crippen LogP contribution in [-0.2, 0) is 0 Å². The van der Waals surface area contributed by atoms with E-state index in [0.29, 0.717) is 17.7 Å². The van der Waals surface area contributed by atoms with Gasteiger partial charge in [-0.1, -0.05) is 0 Å². The van der Waals surface area contributed by atoms with Gasteiger partial charge in [0.05, 0.1) is 23.3 Å². The number of aliphatic hydroxyl groups excluding tert-OH is 1. The van der Waals surface area contributed by atoms with Crippen molar-refractivity contribution >= 4 is 22.6 Å². The zero-order valence-corrected chi connectivity index (χ0v) is 13.1. The van der Waals surface area contributed by atoms with Gasteiger partial charge in [0.25, 0.3) is 0 Å². The summed E-state index contributed by atoms with van der Waals surface area (Å²) in [6, 6.07) is 2.66. The van der Waals surface area contributed by atoms with Crippen LogP contribution in [0.15, 0.2) is 23.1 Å². The van der Waals surface area contributed by atoms with Gasteiger partial charge in [0.1, 0.15) is 11.4 Å². The Morgan fingerprint density at radius 2 is 2.04 bits per heavy atom. The van der Waals surface area contributed by atoms with E-state index in [2.05, 4.69) is 0 Å². The zero-order chi connectivity index (χ0) is 17.2. The fraction of sp³-hybridized carbons (Fsp3) is 0.412. The maximum absolute atomic E-state index is 14.5. The van der Waals surface area contributed by atoms with Gasteiger partial charge in [-0.15, -0.1) is 0 Å². The summed E-state index contributed by atoms with van der Waals surface area (Å²) in [5.41, 5.74) is -0.138. The lowest BCUT2D eigenvalue weighted by Crippen LogP contribution is -2.59. The molecule has 1 aromatic carbocycles. The quantitative estimate of drug-likeness (QED) is 0.895. The van der Waals surface area contributed by atoms with Gasteiger partial charge in [0.15, 0.2) is 0 Å². The van der Waals surface area contributed by atoms with Crippen molar-refractivity contribution in [3.63, 3.8) is 0 Å². The molecule has 24 heavy (non-hydrogen) atoms. The Morgan fingerprint density at radius 3 is 2.58 bits per heavy atom. The Morgan fingerprint density at radius 1 is 1.33 bits per heavy atom. The van der Waals surface area contributed by atoms with Gasteiger partial charge in [0.2, 0.25) is 5.43 Å². The number of halogens is 1. The fourth-order valence-corrected chi connectivity index (χ4v) is 3.29. The molecule has 2 atom stereocenters. The summed E-state index contributed by atoms with van der Waals surface area (Å²) in [7, 11) is 0. The molecule has 7 heteroatoms. The minimum Gasteiger partial charge on any atom is -0.477 e. The predicted octanol–water partition coefficient (Wildman–Crippen LogP) is 1.74. The minimum atomic E-state index is -1.31. The summed E-state index contributed by atoms with van der Waals surface area (Å²) < 4.78 is 16.3. The van der Waals surface area contributed by atoms with Crippen LogP contribution in [0, 0.1) is 5.82 Å². The largest absolute Gasteiger partial charge is 0.477 e. The van der Waals surface area contributed by atoms with Crippen LogP contribution in [0.3, 0.4) is 0 Å². The van der Waals surface area contributed by atoms with Crippen LogP contribution < -0.4 is 10.3 Å². The van der Waals surface area contributed by atoms with Crippen molar-refractivity contribution in [1.82, 2.24) is 4.57 Å². The number of anilines is 1. The molecule has 4 rings (SSSR count). The molecule has 2 heterocycles. The van der Waals surface area contributed by atoms with E-state index in [4.69, 9.17) is 0 Å². The molecule has 2 aliphatic rings. The average Bonchev–Trinajstić information content (AvgIpc) is 3.37. The highest BCUT2D eigenvalue weighted by molar-refractivity contribution is 5.93. The summed E-state index contributed by atoms with van der Waals surface area (Å²) in [5.74, 6) is -1.89. The topological polar surface area (TPSA) is 82.8 Å². The molecule has 2 aromatic rings. The first-order valence-electron chi connectivity index (χ1n) is 7.95. The number of pyridine rings is 1. The molecule has 0 radical (unpaired) electrons. The van der Waals surface area contributed by atoms with E-state index >= 15 is 0 Å². The van der Waals surface area contributed by atoms with Crippen LogP contribution in [0.1, 0.15) is 36.2 Å². The first-order chi connectivity index (χ1) is 11.4. The molecule has 126 valence electrons. The summed E-state index contributed by atoms with van der Waals surface area (Å²) in [6.07, 6.45) is 2.67. The molecule has 2 N–H and O–H groups in total. The Balaban J connectivity index is 1.96. The Bertz CT molecular complexity index is 919. The second-order valence-corrected chi connectivity index (χ2v) is 6.60. The lowest BCUT2D eigenvalue weighted by atomic mass is 9.99. The number of rotatable bonds is 3. The number of aliphatic hydroxyl groups is 1. The monoisotopic (exact) mass is 332 g/mol. The highest BCUT2D eigenvalue weighted by Gasteiger charge is 2.36. The van der Waals surface area contributed by atoms with Crippen LogP contribution in [0.5, 0.6) is 0 Å². The standard InChI is InChI=1S/C17H17FN2O4/c1-8-15(21)7-19(8)14-5-13-10(4-12(14)18)16(22)11(17(23)24)6-20(13)9-2-3-9/h4-6,8-9,15,21H,2-3,7H2,1H3,(H,23,24)/t8-,15-/m0/s1. The highest BCUT2D eigenvalue weighted by atomic mass is 19.1. The number of hydrogen-bond acceptors (Lipinski definition) is 4. The van der Waals surface area contributed by atoms with Crippen molar-refractivity contribution in [1.29, 1.82) is 0 Å². The molecule has 0 amide bonds. The molecule has 0 spiro atoms. The Hall–Kier alpha value is -2.41. The van der Waals surface area contributed by atoms with E-state index in [9.17, 15) is 24.2 Å². The van der Waals surface area contributed by atoms with E-state index in [1.165, 1.54) is 6.20 Å². The van der Waals surface area contributed by atoms with Crippen LogP contribution in [0.25, 0.3) is 10.9 Å². The number of aromatic nitrogens is 1. The van der Waals surface area contributed by atoms with E-state index in [0.717, 1.165) is 18.9 Å². The molecule has 2 fully saturated rings. The van der Waals surface area contributed by atoms with Crippen LogP contribution in [0.4, 0.5) is 10.1 Å². The minimum absolute atomic E-state index is 0.0803. The number of benzene rings is 1. The van der Waals surface area contributed by atoms with Crippen LogP contribution in [0.2, 0.25) is 0 Å². The lowest BCUT2D eigenvalue weighted by Gasteiger charge is -2.45. The number of aromatic carboxylic acids is 1. The second-order valence-electron chi connectivity index (χ2n) is 6.60. The number of β-amino-alcohol motifs (C(OH)–C–C–N with tert-alkyl or cyclic N) is 1. The normalized spacial score (nSPS) is 23.4. The fourth-order valence-electron chi connectivity index (χ4n) is 3.29. The van der Waals surface area contributed by atoms with Gasteiger partial charge in [-0.3, -0.25) is 4.79 Å². The van der Waals surface area contributed by atoms with Gasteiger partial charge < -0.3 is 19.7 Å². The predicted molar refractivity (Wildman–Crippen MR) is 86.2 cm³/mol. The summed E-state index contributed by atoms with van der Waals surface area (Å²) in [6.45, 7) is 2.14. The maximum Gasteiger partial charge on any atom is 0.341 e. The summed E-state index contributed by atoms with van der Waals surface area (Å²) in [4.78, 5) is 25.4. The number of hydrogen-bond donors (Lipinski definition) is 2. The number of fused-ring (bicyclic) bond motifs is 1. The van der Waals surface area contributed by atoms with E-state index < -0.39 is 23.3 Å². The third kappa shape index (κ3) is 2.11. The van der Waals surface area contributed by atoms with Gasteiger partial charge in [-0.2, -0.15) is 0 Å². The smallest absolute Gasteiger partial charge is 0.341 e. The molecule has 1 aliphatic heterocycles. The van der Waals surface area contributed by atoms with Crippen molar-refractivity contribution in [2.75, 3.05) is 11.4 Å². The van der Waals surface area contributed by atoms with Gasteiger partial charge >= 0.3 is 5.97 Å². The molecule has 1 aromatic heterocycles. The van der Waals surface area contributed by atoms with Crippen LogP contribution >= 0.6 is 0 Å². The number of nitrogens with zero attached hydrogens (tertiary/aromatic N) is 2. The van der Waals surface area contributed by atoms with Crippen molar-refractivity contribution in [3.05, 3.63) is 39.9 Å². The SMILES string of the molecule is C[C@H]1[C@@H](O)CN1c1cc2c(cc1F)c(=O)c(C(=O)O)cn2C1CC1. The molecule has 6 nitrogen and oxygen atoms in total. The summed E-state index contributed by atoms with van der Waals surface area (Å²) >= 11 is 0. The molecule has 0 unspecified atom stereocenters. The highest BCUT2D eigenvalue weighted by Crippen LogP contribution is 2.39. The lowest BCUT2D eigenvalue weighted by molar-refractivity contribution is 0.0694. The van der Waals surface area contributed by atoms with Crippen molar-refractivity contribution < 1.29 is 19.4 Å². The number of carboxylic acids is 1. The van der Waals surface area contributed by atoms with Crippen molar-refractivity contribution in [3.8, 4) is 0 Å². The molecule has 1 saturated carbocycles. The molecule has 1 aliphatic carbocycles. The Kier molecular flexibility index (Phi) is 3.18. The molecule has 0 bridgehead atoms.